The smallest absolute Gasteiger partial charge is 0.331 e. The predicted octanol–water partition coefficient (Wildman–Crippen LogP) is 2.07. The van der Waals surface area contributed by atoms with Gasteiger partial charge in [0.05, 0.1) is 0 Å². The number of carbonyl (C=O) groups excluding carboxylic acids is 1. The summed E-state index contributed by atoms with van der Waals surface area (Å²) in [6.07, 6.45) is 4.90. The summed E-state index contributed by atoms with van der Waals surface area (Å²) >= 11 is 0. The van der Waals surface area contributed by atoms with Gasteiger partial charge in [-0.3, -0.25) is 0 Å². The van der Waals surface area contributed by atoms with Gasteiger partial charge in [-0.1, -0.05) is 20.1 Å². The van der Waals surface area contributed by atoms with Crippen molar-refractivity contribution >= 4 is 5.97 Å². The molecule has 0 aromatic heterocycles. The summed E-state index contributed by atoms with van der Waals surface area (Å²) in [5.74, 6) is 0.0281. The number of carbonyl (C=O) groups is 1. The third-order valence-corrected chi connectivity index (χ3v) is 2.61. The molecule has 0 aliphatic heterocycles. The lowest BCUT2D eigenvalue weighted by Gasteiger charge is -2.44. The predicted molar refractivity (Wildman–Crippen MR) is 47.6 cm³/mol. The normalized spacial score (nSPS) is 33.2. The number of hydrogen-bond donors (Lipinski definition) is 0. The zero-order valence-electron chi connectivity index (χ0n) is 7.38. The van der Waals surface area contributed by atoms with E-state index in [1.807, 2.05) is 0 Å². The van der Waals surface area contributed by atoms with Crippen molar-refractivity contribution in [3.63, 3.8) is 0 Å². The summed E-state index contributed by atoms with van der Waals surface area (Å²) < 4.78 is 5.21. The molecule has 2 atom stereocenters. The van der Waals surface area contributed by atoms with Gasteiger partial charge < -0.3 is 4.74 Å². The summed E-state index contributed by atoms with van der Waals surface area (Å²) in [4.78, 5) is 10.9. The Bertz CT molecular complexity index is 220. The molecule has 12 heavy (non-hydrogen) atoms. The Kier molecular flexibility index (Phi) is 2.36. The molecular formula is C10H14O2. The fourth-order valence-electron chi connectivity index (χ4n) is 1.44. The molecule has 0 N–H and O–H groups in total. The van der Waals surface area contributed by atoms with Crippen molar-refractivity contribution in [2.75, 3.05) is 0 Å². The molecule has 2 nitrogen and oxygen atoms in total. The molecular weight excluding hydrogens is 152 g/mol. The average Bonchev–Trinajstić information content (AvgIpc) is 2.11. The van der Waals surface area contributed by atoms with E-state index in [0.717, 1.165) is 12.8 Å². The first-order valence-electron chi connectivity index (χ1n) is 4.13. The van der Waals surface area contributed by atoms with E-state index < -0.39 is 5.60 Å². The van der Waals surface area contributed by atoms with Gasteiger partial charge in [0.25, 0.3) is 0 Å². The molecule has 1 aliphatic carbocycles. The molecule has 0 amide bonds. The van der Waals surface area contributed by atoms with Crippen LogP contribution in [0.25, 0.3) is 0 Å². The van der Waals surface area contributed by atoms with Gasteiger partial charge in [0, 0.05) is 6.08 Å². The fraction of sp³-hybridized carbons (Fsp3) is 0.500. The molecule has 0 radical (unpaired) electrons. The first-order valence-corrected chi connectivity index (χ1v) is 4.13. The average molecular weight is 166 g/mol. The minimum absolute atomic E-state index is 0.360. The van der Waals surface area contributed by atoms with Crippen molar-refractivity contribution in [2.45, 2.75) is 25.4 Å². The first-order chi connectivity index (χ1) is 5.64. The van der Waals surface area contributed by atoms with E-state index >= 15 is 0 Å². The van der Waals surface area contributed by atoms with Gasteiger partial charge in [-0.15, -0.1) is 0 Å². The van der Waals surface area contributed by atoms with Crippen molar-refractivity contribution < 1.29 is 9.53 Å². The molecule has 0 aromatic rings. The highest BCUT2D eigenvalue weighted by Gasteiger charge is 2.44. The molecule has 2 heteroatoms. The molecule has 1 aliphatic rings. The quantitative estimate of drug-likeness (QED) is 0.364. The molecule has 2 unspecified atom stereocenters. The van der Waals surface area contributed by atoms with Crippen molar-refractivity contribution in [3.8, 4) is 0 Å². The minimum Gasteiger partial charge on any atom is -0.451 e. The summed E-state index contributed by atoms with van der Waals surface area (Å²) in [5.41, 5.74) is -0.411. The maximum absolute atomic E-state index is 10.9. The van der Waals surface area contributed by atoms with E-state index in [1.54, 1.807) is 6.08 Å². The third-order valence-electron chi connectivity index (χ3n) is 2.61. The van der Waals surface area contributed by atoms with Gasteiger partial charge in [0.2, 0.25) is 0 Å². The Morgan fingerprint density at radius 1 is 1.67 bits per heavy atom. The largest absolute Gasteiger partial charge is 0.451 e. The van der Waals surface area contributed by atoms with Gasteiger partial charge >= 0.3 is 5.97 Å². The van der Waals surface area contributed by atoms with E-state index in [9.17, 15) is 4.79 Å². The maximum Gasteiger partial charge on any atom is 0.331 e. The lowest BCUT2D eigenvalue weighted by molar-refractivity contribution is -0.163. The van der Waals surface area contributed by atoms with Gasteiger partial charge in [-0.25, -0.2) is 4.79 Å². The van der Waals surface area contributed by atoms with E-state index in [0.29, 0.717) is 5.92 Å². The van der Waals surface area contributed by atoms with Crippen LogP contribution in [0, 0.1) is 5.92 Å². The summed E-state index contributed by atoms with van der Waals surface area (Å²) in [5, 5.41) is 0. The van der Waals surface area contributed by atoms with Crippen LogP contribution in [0.15, 0.2) is 25.3 Å². The highest BCUT2D eigenvalue weighted by Crippen LogP contribution is 2.42. The van der Waals surface area contributed by atoms with Crippen LogP contribution in [0.2, 0.25) is 0 Å². The molecule has 0 saturated heterocycles. The molecule has 0 bridgehead atoms. The molecule has 0 heterocycles. The monoisotopic (exact) mass is 166 g/mol. The standard InChI is InChI=1S/C10H14O2/c1-4-9(11)12-10(5-2)7-6-8(10)3/h4-5,8H,1-2,6-7H2,3H3. The Morgan fingerprint density at radius 2 is 2.33 bits per heavy atom. The second kappa shape index (κ2) is 3.13. The van der Waals surface area contributed by atoms with Gasteiger partial charge in [0.1, 0.15) is 5.60 Å². The summed E-state index contributed by atoms with van der Waals surface area (Å²) in [7, 11) is 0. The molecule has 0 spiro atoms. The lowest BCUT2D eigenvalue weighted by atomic mass is 9.70. The number of ether oxygens (including phenoxy) is 1. The van der Waals surface area contributed by atoms with Gasteiger partial charge in [-0.05, 0) is 24.8 Å². The Labute approximate surface area is 72.9 Å². The van der Waals surface area contributed by atoms with Crippen LogP contribution >= 0.6 is 0 Å². The van der Waals surface area contributed by atoms with Crippen LogP contribution in [0.5, 0.6) is 0 Å². The summed E-state index contributed by atoms with van der Waals surface area (Å²) in [6, 6.07) is 0. The van der Waals surface area contributed by atoms with Crippen molar-refractivity contribution in [2.24, 2.45) is 5.92 Å². The number of rotatable bonds is 3. The first kappa shape index (κ1) is 9.04. The highest BCUT2D eigenvalue weighted by atomic mass is 16.6. The number of esters is 1. The second-order valence-corrected chi connectivity index (χ2v) is 3.22. The lowest BCUT2D eigenvalue weighted by Crippen LogP contribution is -2.47. The molecule has 1 saturated carbocycles. The Morgan fingerprint density at radius 3 is 2.58 bits per heavy atom. The van der Waals surface area contributed by atoms with Crippen molar-refractivity contribution in [1.82, 2.24) is 0 Å². The van der Waals surface area contributed by atoms with Crippen molar-refractivity contribution in [3.05, 3.63) is 25.3 Å². The zero-order valence-corrected chi connectivity index (χ0v) is 7.38. The molecule has 1 fully saturated rings. The Hall–Kier alpha value is -1.05. The minimum atomic E-state index is -0.411. The fourth-order valence-corrected chi connectivity index (χ4v) is 1.44. The highest BCUT2D eigenvalue weighted by molar-refractivity contribution is 5.81. The van der Waals surface area contributed by atoms with Gasteiger partial charge in [-0.2, -0.15) is 0 Å². The van der Waals surface area contributed by atoms with Crippen LogP contribution < -0.4 is 0 Å². The van der Waals surface area contributed by atoms with Crippen LogP contribution in [0.1, 0.15) is 19.8 Å². The summed E-state index contributed by atoms with van der Waals surface area (Å²) in [6.45, 7) is 9.09. The SMILES string of the molecule is C=CC(=O)OC1(C=C)CCC1C. The molecule has 0 aromatic carbocycles. The van der Waals surface area contributed by atoms with Crippen LogP contribution in [-0.4, -0.2) is 11.6 Å². The van der Waals surface area contributed by atoms with Crippen LogP contribution in [0.3, 0.4) is 0 Å². The van der Waals surface area contributed by atoms with E-state index in [2.05, 4.69) is 20.1 Å². The Balaban J connectivity index is 2.62. The van der Waals surface area contributed by atoms with E-state index in [1.165, 1.54) is 6.08 Å². The maximum atomic E-state index is 10.9. The second-order valence-electron chi connectivity index (χ2n) is 3.22. The molecule has 1 rings (SSSR count). The van der Waals surface area contributed by atoms with E-state index in [-0.39, 0.29) is 5.97 Å². The van der Waals surface area contributed by atoms with Crippen molar-refractivity contribution in [1.29, 1.82) is 0 Å². The third kappa shape index (κ3) is 1.29. The number of hydrogen-bond acceptors (Lipinski definition) is 2. The van der Waals surface area contributed by atoms with E-state index in [4.69, 9.17) is 4.74 Å². The van der Waals surface area contributed by atoms with Crippen LogP contribution in [0.4, 0.5) is 0 Å². The topological polar surface area (TPSA) is 26.3 Å². The van der Waals surface area contributed by atoms with Gasteiger partial charge in [0.15, 0.2) is 0 Å². The molecule has 66 valence electrons. The van der Waals surface area contributed by atoms with Crippen LogP contribution in [-0.2, 0) is 9.53 Å². The zero-order chi connectivity index (χ0) is 9.19.